The van der Waals surface area contributed by atoms with Gasteiger partial charge in [-0.05, 0) is 44.7 Å². The van der Waals surface area contributed by atoms with Crippen LogP contribution in [0.4, 0.5) is 0 Å². The van der Waals surface area contributed by atoms with E-state index in [-0.39, 0.29) is 5.41 Å². The lowest BCUT2D eigenvalue weighted by Gasteiger charge is -2.20. The fourth-order valence-corrected chi connectivity index (χ4v) is 2.23. The number of hydrogen-bond acceptors (Lipinski definition) is 3. The van der Waals surface area contributed by atoms with E-state index in [1.54, 1.807) is 0 Å². The summed E-state index contributed by atoms with van der Waals surface area (Å²) in [6, 6.07) is 6.35. The van der Waals surface area contributed by atoms with Crippen LogP contribution in [0.1, 0.15) is 43.4 Å². The molecule has 4 nitrogen and oxygen atoms in total. The summed E-state index contributed by atoms with van der Waals surface area (Å²) < 4.78 is 1.92. The zero-order valence-corrected chi connectivity index (χ0v) is 13.3. The van der Waals surface area contributed by atoms with Crippen LogP contribution in [0.25, 0.3) is 5.82 Å². The maximum atomic E-state index is 4.80. The van der Waals surface area contributed by atoms with Crippen LogP contribution < -0.4 is 5.32 Å². The predicted molar refractivity (Wildman–Crippen MR) is 82.3 cm³/mol. The SMILES string of the molecule is CNCc1cc(-n2nc(C)cc2C)nc(C(C)(C)C)c1. The van der Waals surface area contributed by atoms with Gasteiger partial charge in [0.05, 0.1) is 5.69 Å². The van der Waals surface area contributed by atoms with Crippen LogP contribution in [0.5, 0.6) is 0 Å². The standard InChI is InChI=1S/C16H24N4/c1-11-7-12(2)20(19-11)15-9-13(10-17-6)8-14(18-15)16(3,4)5/h7-9,17H,10H2,1-6H3. The largest absolute Gasteiger partial charge is 0.316 e. The molecule has 0 bridgehead atoms. The Kier molecular flexibility index (Phi) is 3.95. The maximum absolute atomic E-state index is 4.80. The topological polar surface area (TPSA) is 42.7 Å². The first-order valence-corrected chi connectivity index (χ1v) is 7.01. The minimum absolute atomic E-state index is 0.0224. The van der Waals surface area contributed by atoms with Gasteiger partial charge in [0.25, 0.3) is 0 Å². The van der Waals surface area contributed by atoms with Crippen LogP contribution in [0.15, 0.2) is 18.2 Å². The van der Waals surface area contributed by atoms with Crippen molar-refractivity contribution in [3.63, 3.8) is 0 Å². The summed E-state index contributed by atoms with van der Waals surface area (Å²) in [5.41, 5.74) is 4.47. The monoisotopic (exact) mass is 272 g/mol. The second-order valence-electron chi connectivity index (χ2n) is 6.34. The van der Waals surface area contributed by atoms with Gasteiger partial charge in [-0.1, -0.05) is 20.8 Å². The lowest BCUT2D eigenvalue weighted by molar-refractivity contribution is 0.563. The van der Waals surface area contributed by atoms with Crippen molar-refractivity contribution < 1.29 is 0 Å². The molecule has 0 aliphatic rings. The number of pyridine rings is 1. The normalized spacial score (nSPS) is 11.9. The van der Waals surface area contributed by atoms with Crippen LogP contribution >= 0.6 is 0 Å². The summed E-state index contributed by atoms with van der Waals surface area (Å²) in [7, 11) is 1.96. The van der Waals surface area contributed by atoms with E-state index >= 15 is 0 Å². The average molecular weight is 272 g/mol. The summed E-state index contributed by atoms with van der Waals surface area (Å²) in [4.78, 5) is 4.80. The highest BCUT2D eigenvalue weighted by Crippen LogP contribution is 2.23. The van der Waals surface area contributed by atoms with Gasteiger partial charge >= 0.3 is 0 Å². The number of aryl methyl sites for hydroxylation is 2. The van der Waals surface area contributed by atoms with Crippen molar-refractivity contribution in [1.82, 2.24) is 20.1 Å². The van der Waals surface area contributed by atoms with Crippen molar-refractivity contribution in [3.05, 3.63) is 40.8 Å². The van der Waals surface area contributed by atoms with Crippen molar-refractivity contribution in [2.45, 2.75) is 46.6 Å². The van der Waals surface area contributed by atoms with Gasteiger partial charge < -0.3 is 5.32 Å². The third kappa shape index (κ3) is 3.07. The number of hydrogen-bond donors (Lipinski definition) is 1. The molecule has 0 aliphatic carbocycles. The smallest absolute Gasteiger partial charge is 0.154 e. The summed E-state index contributed by atoms with van der Waals surface area (Å²) >= 11 is 0. The van der Waals surface area contributed by atoms with Crippen molar-refractivity contribution >= 4 is 0 Å². The molecule has 0 fully saturated rings. The molecule has 0 spiro atoms. The van der Waals surface area contributed by atoms with E-state index in [1.165, 1.54) is 5.56 Å². The molecule has 0 unspecified atom stereocenters. The van der Waals surface area contributed by atoms with E-state index in [2.05, 4.69) is 56.3 Å². The first-order chi connectivity index (χ1) is 9.31. The van der Waals surface area contributed by atoms with Crippen LogP contribution in [0.3, 0.4) is 0 Å². The molecule has 0 radical (unpaired) electrons. The van der Waals surface area contributed by atoms with Gasteiger partial charge in [0.15, 0.2) is 5.82 Å². The molecule has 2 aromatic heterocycles. The molecule has 0 saturated carbocycles. The van der Waals surface area contributed by atoms with Crippen LogP contribution in [-0.2, 0) is 12.0 Å². The highest BCUT2D eigenvalue weighted by Gasteiger charge is 2.18. The zero-order chi connectivity index (χ0) is 14.9. The number of rotatable bonds is 3. The van der Waals surface area contributed by atoms with E-state index in [4.69, 9.17) is 4.98 Å². The Morgan fingerprint density at radius 1 is 1.15 bits per heavy atom. The number of nitrogens with one attached hydrogen (secondary N) is 1. The van der Waals surface area contributed by atoms with E-state index in [0.717, 1.165) is 29.4 Å². The Labute approximate surface area is 121 Å². The van der Waals surface area contributed by atoms with Gasteiger partial charge in [-0.25, -0.2) is 9.67 Å². The van der Waals surface area contributed by atoms with Crippen LogP contribution in [0, 0.1) is 13.8 Å². The molecular weight excluding hydrogens is 248 g/mol. The maximum Gasteiger partial charge on any atom is 0.154 e. The summed E-state index contributed by atoms with van der Waals surface area (Å²) in [5.74, 6) is 0.897. The van der Waals surface area contributed by atoms with Crippen molar-refractivity contribution in [1.29, 1.82) is 0 Å². The predicted octanol–water partition coefficient (Wildman–Crippen LogP) is 2.90. The van der Waals surface area contributed by atoms with Crippen LogP contribution in [0.2, 0.25) is 0 Å². The third-order valence-electron chi connectivity index (χ3n) is 3.25. The minimum Gasteiger partial charge on any atom is -0.316 e. The molecule has 108 valence electrons. The van der Waals surface area contributed by atoms with Gasteiger partial charge in [-0.2, -0.15) is 5.10 Å². The summed E-state index contributed by atoms with van der Waals surface area (Å²) in [6.45, 7) is 11.4. The number of nitrogens with zero attached hydrogens (tertiary/aromatic N) is 3. The van der Waals surface area contributed by atoms with Crippen molar-refractivity contribution in [3.8, 4) is 5.82 Å². The molecule has 0 aromatic carbocycles. The first kappa shape index (κ1) is 14.7. The lowest BCUT2D eigenvalue weighted by atomic mass is 9.90. The molecular formula is C16H24N4. The first-order valence-electron chi connectivity index (χ1n) is 7.01. The van der Waals surface area contributed by atoms with Gasteiger partial charge in [0.1, 0.15) is 0 Å². The van der Waals surface area contributed by atoms with Crippen molar-refractivity contribution in [2.24, 2.45) is 0 Å². The molecule has 0 atom stereocenters. The Bertz CT molecular complexity index is 605. The second-order valence-corrected chi connectivity index (χ2v) is 6.34. The molecule has 0 amide bonds. The second kappa shape index (κ2) is 5.37. The molecule has 20 heavy (non-hydrogen) atoms. The average Bonchev–Trinajstić information content (AvgIpc) is 2.67. The minimum atomic E-state index is 0.0224. The highest BCUT2D eigenvalue weighted by atomic mass is 15.3. The summed E-state index contributed by atoms with van der Waals surface area (Å²) in [6.07, 6.45) is 0. The van der Waals surface area contributed by atoms with E-state index < -0.39 is 0 Å². The highest BCUT2D eigenvalue weighted by molar-refractivity contribution is 5.34. The molecule has 2 heterocycles. The van der Waals surface area contributed by atoms with E-state index in [1.807, 2.05) is 18.7 Å². The van der Waals surface area contributed by atoms with Crippen LogP contribution in [-0.4, -0.2) is 21.8 Å². The lowest BCUT2D eigenvalue weighted by Crippen LogP contribution is -2.17. The quantitative estimate of drug-likeness (QED) is 0.934. The fraction of sp³-hybridized carbons (Fsp3) is 0.500. The van der Waals surface area contributed by atoms with Gasteiger partial charge in [0, 0.05) is 23.3 Å². The van der Waals surface area contributed by atoms with E-state index in [9.17, 15) is 0 Å². The van der Waals surface area contributed by atoms with E-state index in [0.29, 0.717) is 0 Å². The molecule has 2 rings (SSSR count). The van der Waals surface area contributed by atoms with Gasteiger partial charge in [-0.3, -0.25) is 0 Å². The fourth-order valence-electron chi connectivity index (χ4n) is 2.23. The Morgan fingerprint density at radius 3 is 2.35 bits per heavy atom. The van der Waals surface area contributed by atoms with Gasteiger partial charge in [-0.15, -0.1) is 0 Å². The van der Waals surface area contributed by atoms with Crippen molar-refractivity contribution in [2.75, 3.05) is 7.05 Å². The summed E-state index contributed by atoms with van der Waals surface area (Å²) in [5, 5.41) is 7.74. The molecule has 1 N–H and O–H groups in total. The third-order valence-corrected chi connectivity index (χ3v) is 3.25. The Hall–Kier alpha value is -1.68. The Balaban J connectivity index is 2.57. The van der Waals surface area contributed by atoms with Gasteiger partial charge in [0.2, 0.25) is 0 Å². The Morgan fingerprint density at radius 2 is 1.85 bits per heavy atom. The molecule has 0 aliphatic heterocycles. The zero-order valence-electron chi connectivity index (χ0n) is 13.3. The molecule has 4 heteroatoms. The number of aromatic nitrogens is 3. The molecule has 0 saturated heterocycles. The molecule has 2 aromatic rings.